The zero-order valence-corrected chi connectivity index (χ0v) is 14.8. The summed E-state index contributed by atoms with van der Waals surface area (Å²) in [6.07, 6.45) is 0. The van der Waals surface area contributed by atoms with Crippen LogP contribution in [-0.2, 0) is 4.79 Å². The van der Waals surface area contributed by atoms with Gasteiger partial charge in [-0.25, -0.2) is 4.79 Å². The summed E-state index contributed by atoms with van der Waals surface area (Å²) in [7, 11) is 0. The number of carbonyl (C=O) groups excluding carboxylic acids is 1. The van der Waals surface area contributed by atoms with Crippen molar-refractivity contribution >= 4 is 11.9 Å². The number of nitrogens with zero attached hydrogens (tertiary/aromatic N) is 1. The molecule has 2 atom stereocenters. The third-order valence-corrected chi connectivity index (χ3v) is 5.30. The Morgan fingerprint density at radius 2 is 1.81 bits per heavy atom. The summed E-state index contributed by atoms with van der Waals surface area (Å²) in [5.74, 6) is -1.23. The summed E-state index contributed by atoms with van der Waals surface area (Å²) in [5, 5.41) is 12.4. The molecule has 4 N–H and O–H groups in total. The van der Waals surface area contributed by atoms with Crippen molar-refractivity contribution < 1.29 is 14.7 Å². The number of hydrogen-bond donors (Lipinski definition) is 3. The van der Waals surface area contributed by atoms with Gasteiger partial charge in [0.25, 0.3) is 0 Å². The van der Waals surface area contributed by atoms with Gasteiger partial charge in [-0.05, 0) is 28.8 Å². The van der Waals surface area contributed by atoms with Crippen molar-refractivity contribution in [2.24, 2.45) is 5.73 Å². The SMILES string of the molecule is NCC(C(=O)N1CC2=C(C1)C(c1ccc(C(=O)O)cc1)N2)c1ccccc1. The maximum absolute atomic E-state index is 13.0. The molecule has 0 radical (unpaired) electrons. The molecular weight excluding hydrogens is 342 g/mol. The molecule has 2 unspecified atom stereocenters. The number of rotatable bonds is 5. The van der Waals surface area contributed by atoms with E-state index in [0.717, 1.165) is 16.8 Å². The van der Waals surface area contributed by atoms with E-state index in [1.54, 1.807) is 12.1 Å². The van der Waals surface area contributed by atoms with Crippen LogP contribution in [0.2, 0.25) is 0 Å². The minimum Gasteiger partial charge on any atom is -0.478 e. The van der Waals surface area contributed by atoms with Crippen molar-refractivity contribution in [1.29, 1.82) is 0 Å². The average molecular weight is 363 g/mol. The van der Waals surface area contributed by atoms with Gasteiger partial charge in [-0.15, -0.1) is 0 Å². The first-order valence-electron chi connectivity index (χ1n) is 8.94. The number of aromatic carboxylic acids is 1. The van der Waals surface area contributed by atoms with Crippen LogP contribution in [-0.4, -0.2) is 41.5 Å². The van der Waals surface area contributed by atoms with Gasteiger partial charge in [-0.2, -0.15) is 0 Å². The fourth-order valence-corrected chi connectivity index (χ4v) is 3.78. The molecule has 0 saturated carbocycles. The Labute approximate surface area is 157 Å². The van der Waals surface area contributed by atoms with Crippen molar-refractivity contribution in [3.8, 4) is 0 Å². The third kappa shape index (κ3) is 3.08. The highest BCUT2D eigenvalue weighted by molar-refractivity contribution is 5.87. The van der Waals surface area contributed by atoms with Gasteiger partial charge in [0.1, 0.15) is 0 Å². The van der Waals surface area contributed by atoms with E-state index >= 15 is 0 Å². The molecule has 0 spiro atoms. The molecule has 6 heteroatoms. The van der Waals surface area contributed by atoms with E-state index in [1.165, 1.54) is 5.57 Å². The summed E-state index contributed by atoms with van der Waals surface area (Å²) < 4.78 is 0. The van der Waals surface area contributed by atoms with Crippen LogP contribution in [0.25, 0.3) is 0 Å². The summed E-state index contributed by atoms with van der Waals surface area (Å²) in [4.78, 5) is 25.8. The number of nitrogens with two attached hydrogens (primary N) is 1. The van der Waals surface area contributed by atoms with Crippen LogP contribution in [0.1, 0.15) is 33.4 Å². The Hall–Kier alpha value is -3.12. The number of amides is 1. The summed E-state index contributed by atoms with van der Waals surface area (Å²) in [5.41, 5.74) is 10.4. The number of benzene rings is 2. The van der Waals surface area contributed by atoms with Gasteiger partial charge < -0.3 is 21.1 Å². The molecule has 2 aromatic rings. The largest absolute Gasteiger partial charge is 0.478 e. The van der Waals surface area contributed by atoms with Crippen LogP contribution >= 0.6 is 0 Å². The zero-order chi connectivity index (χ0) is 19.0. The topological polar surface area (TPSA) is 95.7 Å². The van der Waals surface area contributed by atoms with Crippen molar-refractivity contribution in [3.63, 3.8) is 0 Å². The molecule has 1 amide bonds. The summed E-state index contributed by atoms with van der Waals surface area (Å²) in [6.45, 7) is 1.43. The molecule has 27 heavy (non-hydrogen) atoms. The monoisotopic (exact) mass is 363 g/mol. The molecule has 0 saturated heterocycles. The highest BCUT2D eigenvalue weighted by Gasteiger charge is 2.40. The van der Waals surface area contributed by atoms with E-state index in [4.69, 9.17) is 10.8 Å². The highest BCUT2D eigenvalue weighted by atomic mass is 16.4. The molecule has 2 aromatic carbocycles. The van der Waals surface area contributed by atoms with Crippen LogP contribution in [0, 0.1) is 0 Å². The lowest BCUT2D eigenvalue weighted by atomic mass is 9.91. The van der Waals surface area contributed by atoms with E-state index < -0.39 is 5.97 Å². The fourth-order valence-electron chi connectivity index (χ4n) is 3.78. The predicted octanol–water partition coefficient (Wildman–Crippen LogP) is 1.87. The normalized spacial score (nSPS) is 19.1. The van der Waals surface area contributed by atoms with Crippen LogP contribution in [0.15, 0.2) is 65.9 Å². The zero-order valence-electron chi connectivity index (χ0n) is 14.8. The van der Waals surface area contributed by atoms with Gasteiger partial charge in [0.15, 0.2) is 0 Å². The van der Waals surface area contributed by atoms with E-state index in [2.05, 4.69) is 5.32 Å². The number of carboxylic acids is 1. The molecule has 0 aromatic heterocycles. The van der Waals surface area contributed by atoms with E-state index in [9.17, 15) is 9.59 Å². The number of hydrogen-bond acceptors (Lipinski definition) is 4. The van der Waals surface area contributed by atoms with Gasteiger partial charge >= 0.3 is 5.97 Å². The first-order valence-corrected chi connectivity index (χ1v) is 8.94. The molecule has 0 fully saturated rings. The Morgan fingerprint density at radius 3 is 2.44 bits per heavy atom. The molecule has 138 valence electrons. The molecule has 2 heterocycles. The first-order chi connectivity index (χ1) is 13.1. The van der Waals surface area contributed by atoms with Crippen molar-refractivity contribution in [3.05, 3.63) is 82.6 Å². The third-order valence-electron chi connectivity index (χ3n) is 5.30. The summed E-state index contributed by atoms with van der Waals surface area (Å²) >= 11 is 0. The summed E-state index contributed by atoms with van der Waals surface area (Å²) in [6, 6.07) is 16.5. The van der Waals surface area contributed by atoms with Crippen LogP contribution in [0.3, 0.4) is 0 Å². The second kappa shape index (κ2) is 6.89. The number of nitrogens with one attached hydrogen (secondary N) is 1. The maximum atomic E-state index is 13.0. The predicted molar refractivity (Wildman–Crippen MR) is 101 cm³/mol. The fraction of sp³-hybridized carbons (Fsp3) is 0.238. The van der Waals surface area contributed by atoms with Crippen LogP contribution < -0.4 is 11.1 Å². The van der Waals surface area contributed by atoms with E-state index in [-0.39, 0.29) is 30.0 Å². The van der Waals surface area contributed by atoms with Crippen molar-refractivity contribution in [1.82, 2.24) is 10.2 Å². The van der Waals surface area contributed by atoms with Gasteiger partial charge in [0.05, 0.1) is 24.1 Å². The highest BCUT2D eigenvalue weighted by Crippen LogP contribution is 2.38. The molecule has 4 rings (SSSR count). The van der Waals surface area contributed by atoms with Gasteiger partial charge in [0.2, 0.25) is 5.91 Å². The van der Waals surface area contributed by atoms with E-state index in [1.807, 2.05) is 47.4 Å². The average Bonchev–Trinajstić information content (AvgIpc) is 3.00. The lowest BCUT2D eigenvalue weighted by Crippen LogP contribution is -2.36. The van der Waals surface area contributed by atoms with E-state index in [0.29, 0.717) is 13.1 Å². The molecule has 2 aliphatic heterocycles. The smallest absolute Gasteiger partial charge is 0.335 e. The lowest BCUT2D eigenvalue weighted by molar-refractivity contribution is -0.131. The minimum atomic E-state index is -0.936. The standard InChI is InChI=1S/C21H21N3O3/c22-10-16(13-4-2-1-3-5-13)20(25)24-11-17-18(12-24)23-19(17)14-6-8-15(9-7-14)21(26)27/h1-9,16,19,23H,10-12,22H2,(H,26,27). The van der Waals surface area contributed by atoms with Crippen LogP contribution in [0.5, 0.6) is 0 Å². The molecule has 0 bridgehead atoms. The second-order valence-electron chi connectivity index (χ2n) is 6.90. The quantitative estimate of drug-likeness (QED) is 0.754. The number of carboxylic acid groups (broad SMARTS) is 1. The Kier molecular flexibility index (Phi) is 4.41. The van der Waals surface area contributed by atoms with Gasteiger partial charge in [0, 0.05) is 18.8 Å². The molecular formula is C21H21N3O3. The van der Waals surface area contributed by atoms with Crippen molar-refractivity contribution in [2.75, 3.05) is 19.6 Å². The molecule has 6 nitrogen and oxygen atoms in total. The Morgan fingerprint density at radius 1 is 1.11 bits per heavy atom. The number of carbonyl (C=O) groups is 2. The van der Waals surface area contributed by atoms with Gasteiger partial charge in [-0.3, -0.25) is 4.79 Å². The Balaban J connectivity index is 1.45. The molecule has 0 aliphatic carbocycles. The Bertz CT molecular complexity index is 906. The van der Waals surface area contributed by atoms with Crippen LogP contribution in [0.4, 0.5) is 0 Å². The second-order valence-corrected chi connectivity index (χ2v) is 6.90. The maximum Gasteiger partial charge on any atom is 0.335 e. The lowest BCUT2D eigenvalue weighted by Gasteiger charge is -2.31. The first kappa shape index (κ1) is 17.3. The van der Waals surface area contributed by atoms with Crippen molar-refractivity contribution in [2.45, 2.75) is 12.0 Å². The molecule has 2 aliphatic rings. The van der Waals surface area contributed by atoms with Gasteiger partial charge in [-0.1, -0.05) is 42.5 Å². The minimum absolute atomic E-state index is 0.0358.